The summed E-state index contributed by atoms with van der Waals surface area (Å²) in [6.45, 7) is 5.81. The van der Waals surface area contributed by atoms with Crippen molar-refractivity contribution in [3.8, 4) is 11.1 Å². The van der Waals surface area contributed by atoms with Crippen LogP contribution < -0.4 is 0 Å². The second kappa shape index (κ2) is 11.3. The second-order valence-corrected chi connectivity index (χ2v) is 9.64. The zero-order valence-corrected chi connectivity index (χ0v) is 19.5. The second-order valence-electron chi connectivity index (χ2n) is 9.64. The Morgan fingerprint density at radius 1 is 0.710 bits per heavy atom. The van der Waals surface area contributed by atoms with E-state index in [1.54, 1.807) is 0 Å². The van der Waals surface area contributed by atoms with Crippen LogP contribution in [0.4, 0.5) is 0 Å². The van der Waals surface area contributed by atoms with Crippen LogP contribution in [0.1, 0.15) is 94.8 Å². The van der Waals surface area contributed by atoms with Gasteiger partial charge in [0.1, 0.15) is 6.10 Å². The van der Waals surface area contributed by atoms with Crippen LogP contribution in [0, 0.1) is 5.92 Å². The molecule has 2 aromatic carbocycles. The van der Waals surface area contributed by atoms with Crippen LogP contribution in [0.15, 0.2) is 48.5 Å². The Balaban J connectivity index is 1.30. The molecule has 4 rings (SSSR count). The minimum Gasteiger partial charge on any atom is -0.373 e. The molecule has 31 heavy (non-hydrogen) atoms. The molecule has 2 aromatic rings. The number of unbranched alkanes of at least 4 members (excludes halogenated alkanes) is 2. The van der Waals surface area contributed by atoms with E-state index in [-0.39, 0.29) is 12.2 Å². The molecule has 0 bridgehead atoms. The number of benzene rings is 2. The van der Waals surface area contributed by atoms with Crippen LogP contribution in [-0.2, 0) is 9.47 Å². The van der Waals surface area contributed by atoms with Gasteiger partial charge >= 0.3 is 0 Å². The van der Waals surface area contributed by atoms with E-state index in [0.717, 1.165) is 18.3 Å². The van der Waals surface area contributed by atoms with Gasteiger partial charge in [0, 0.05) is 0 Å². The molecule has 2 fully saturated rings. The molecule has 0 N–H and O–H groups in total. The first kappa shape index (κ1) is 22.6. The molecule has 1 heterocycles. The molecule has 0 unspecified atom stereocenters. The molecular weight excluding hydrogens is 380 g/mol. The van der Waals surface area contributed by atoms with Gasteiger partial charge < -0.3 is 9.47 Å². The van der Waals surface area contributed by atoms with Gasteiger partial charge in [0.25, 0.3) is 0 Å². The predicted molar refractivity (Wildman–Crippen MR) is 129 cm³/mol. The molecule has 168 valence electrons. The van der Waals surface area contributed by atoms with Gasteiger partial charge in [-0.25, -0.2) is 0 Å². The minimum atomic E-state index is 0.0660. The van der Waals surface area contributed by atoms with Crippen molar-refractivity contribution < 1.29 is 9.47 Å². The van der Waals surface area contributed by atoms with E-state index >= 15 is 0 Å². The molecule has 0 spiro atoms. The highest BCUT2D eigenvalue weighted by Crippen LogP contribution is 2.38. The van der Waals surface area contributed by atoms with Crippen molar-refractivity contribution in [2.45, 2.75) is 89.8 Å². The van der Waals surface area contributed by atoms with Gasteiger partial charge in [0.15, 0.2) is 0 Å². The lowest BCUT2D eigenvalue weighted by Gasteiger charge is -2.29. The highest BCUT2D eigenvalue weighted by molar-refractivity contribution is 5.64. The van der Waals surface area contributed by atoms with Crippen LogP contribution >= 0.6 is 0 Å². The predicted octanol–water partition coefficient (Wildman–Crippen LogP) is 8.07. The Morgan fingerprint density at radius 3 is 1.90 bits per heavy atom. The highest BCUT2D eigenvalue weighted by Gasteiger charge is 2.23. The summed E-state index contributed by atoms with van der Waals surface area (Å²) in [5.74, 6) is 1.74. The average Bonchev–Trinajstić information content (AvgIpc) is 2.85. The highest BCUT2D eigenvalue weighted by atomic mass is 16.6. The van der Waals surface area contributed by atoms with E-state index in [9.17, 15) is 0 Å². The van der Waals surface area contributed by atoms with Crippen molar-refractivity contribution in [3.63, 3.8) is 0 Å². The molecule has 2 atom stereocenters. The van der Waals surface area contributed by atoms with Crippen molar-refractivity contribution >= 4 is 0 Å². The van der Waals surface area contributed by atoms with Crippen molar-refractivity contribution in [2.75, 3.05) is 13.2 Å². The van der Waals surface area contributed by atoms with Gasteiger partial charge in [0.05, 0.1) is 19.3 Å². The lowest BCUT2D eigenvalue weighted by Crippen LogP contribution is -2.30. The SMILES string of the molecule is CCCCC[C@H]1CC[C@H](c2ccc(-c3ccc([C@@H]4CO[C@@H](CC)CO4)cc3)cc2)CC1. The number of ether oxygens (including phenoxy) is 2. The van der Waals surface area contributed by atoms with E-state index in [1.165, 1.54) is 73.6 Å². The Hall–Kier alpha value is -1.64. The summed E-state index contributed by atoms with van der Waals surface area (Å²) in [4.78, 5) is 0. The van der Waals surface area contributed by atoms with Gasteiger partial charge in [0.2, 0.25) is 0 Å². The fourth-order valence-corrected chi connectivity index (χ4v) is 5.28. The lowest BCUT2D eigenvalue weighted by atomic mass is 9.77. The van der Waals surface area contributed by atoms with Crippen molar-refractivity contribution in [1.82, 2.24) is 0 Å². The van der Waals surface area contributed by atoms with E-state index in [4.69, 9.17) is 9.47 Å². The fourth-order valence-electron chi connectivity index (χ4n) is 5.28. The Kier molecular flexibility index (Phi) is 8.21. The van der Waals surface area contributed by atoms with Gasteiger partial charge in [-0.3, -0.25) is 0 Å². The van der Waals surface area contributed by atoms with Crippen LogP contribution in [0.5, 0.6) is 0 Å². The summed E-state index contributed by atoms with van der Waals surface area (Å²) < 4.78 is 11.9. The molecule has 0 amide bonds. The van der Waals surface area contributed by atoms with Crippen LogP contribution in [0.25, 0.3) is 11.1 Å². The maximum atomic E-state index is 6.01. The first-order chi connectivity index (χ1) is 15.3. The summed E-state index contributed by atoms with van der Waals surface area (Å²) in [5, 5.41) is 0. The summed E-state index contributed by atoms with van der Waals surface area (Å²) in [7, 11) is 0. The molecule has 1 saturated heterocycles. The summed E-state index contributed by atoms with van der Waals surface area (Å²) in [5.41, 5.74) is 5.32. The first-order valence-electron chi connectivity index (χ1n) is 12.7. The van der Waals surface area contributed by atoms with E-state index < -0.39 is 0 Å². The van der Waals surface area contributed by atoms with Crippen molar-refractivity contribution in [2.24, 2.45) is 5.92 Å². The number of hydrogen-bond donors (Lipinski definition) is 0. The summed E-state index contributed by atoms with van der Waals surface area (Å²) in [6.07, 6.45) is 12.5. The third-order valence-electron chi connectivity index (χ3n) is 7.48. The van der Waals surface area contributed by atoms with E-state index in [1.807, 2.05) is 0 Å². The lowest BCUT2D eigenvalue weighted by molar-refractivity contribution is -0.135. The fraction of sp³-hybridized carbons (Fsp3) is 0.586. The zero-order valence-electron chi connectivity index (χ0n) is 19.5. The Morgan fingerprint density at radius 2 is 1.35 bits per heavy atom. The van der Waals surface area contributed by atoms with E-state index in [0.29, 0.717) is 13.2 Å². The molecule has 0 radical (unpaired) electrons. The summed E-state index contributed by atoms with van der Waals surface area (Å²) >= 11 is 0. The minimum absolute atomic E-state index is 0.0660. The van der Waals surface area contributed by atoms with Gasteiger partial charge in [-0.15, -0.1) is 0 Å². The average molecular weight is 421 g/mol. The third-order valence-corrected chi connectivity index (χ3v) is 7.48. The smallest absolute Gasteiger partial charge is 0.106 e. The maximum absolute atomic E-state index is 6.01. The molecule has 2 aliphatic rings. The quantitative estimate of drug-likeness (QED) is 0.402. The van der Waals surface area contributed by atoms with Crippen LogP contribution in [0.2, 0.25) is 0 Å². The number of rotatable bonds is 8. The van der Waals surface area contributed by atoms with Crippen molar-refractivity contribution in [3.05, 3.63) is 59.7 Å². The molecule has 1 aliphatic heterocycles. The topological polar surface area (TPSA) is 18.5 Å². The largest absolute Gasteiger partial charge is 0.373 e. The van der Waals surface area contributed by atoms with Crippen molar-refractivity contribution in [1.29, 1.82) is 0 Å². The number of hydrogen-bond acceptors (Lipinski definition) is 2. The van der Waals surface area contributed by atoms with Gasteiger partial charge in [-0.05, 0) is 66.2 Å². The maximum Gasteiger partial charge on any atom is 0.106 e. The molecular formula is C29H40O2. The van der Waals surface area contributed by atoms with Gasteiger partial charge in [-0.1, -0.05) is 88.1 Å². The molecule has 1 saturated carbocycles. The normalized spacial score (nSPS) is 26.6. The first-order valence-corrected chi connectivity index (χ1v) is 12.7. The van der Waals surface area contributed by atoms with Crippen LogP contribution in [0.3, 0.4) is 0 Å². The molecule has 2 heteroatoms. The van der Waals surface area contributed by atoms with E-state index in [2.05, 4.69) is 62.4 Å². The molecule has 0 aromatic heterocycles. The monoisotopic (exact) mass is 420 g/mol. The zero-order chi connectivity index (χ0) is 21.5. The Bertz CT molecular complexity index is 763. The summed E-state index contributed by atoms with van der Waals surface area (Å²) in [6, 6.07) is 18.2. The molecule has 1 aliphatic carbocycles. The van der Waals surface area contributed by atoms with Gasteiger partial charge in [-0.2, -0.15) is 0 Å². The van der Waals surface area contributed by atoms with Crippen LogP contribution in [-0.4, -0.2) is 19.3 Å². The molecule has 2 nitrogen and oxygen atoms in total. The Labute approximate surface area is 189 Å². The third kappa shape index (κ3) is 5.99. The standard InChI is InChI=1S/C29H40O2/c1-3-5-6-7-22-8-10-23(11-9-22)24-12-14-25(15-13-24)26-16-18-27(19-17-26)29-21-30-28(4-2)20-31-29/h12-19,22-23,28-29H,3-11,20-21H2,1-2H3/t22-,23-,28-,29-/m0/s1.